The molecule has 1 saturated carbocycles. The van der Waals surface area contributed by atoms with E-state index in [9.17, 15) is 0 Å². The zero-order valence-corrected chi connectivity index (χ0v) is 11.8. The zero-order valence-electron chi connectivity index (χ0n) is 11.8. The molecular formula is C15H30N2. The standard InChI is InChI=1S/C15H30N2/c1-3-17-11-7-14(8-12-17)16-13-15(2)9-5-4-6-10-15/h14,16H,3-13H2,1-2H3. The van der Waals surface area contributed by atoms with Crippen molar-refractivity contribution >= 4 is 0 Å². The van der Waals surface area contributed by atoms with Gasteiger partial charge >= 0.3 is 0 Å². The third-order valence-electron chi connectivity index (χ3n) is 4.91. The molecule has 2 nitrogen and oxygen atoms in total. The fourth-order valence-corrected chi connectivity index (χ4v) is 3.43. The van der Waals surface area contributed by atoms with Gasteiger partial charge in [-0.25, -0.2) is 0 Å². The molecule has 2 aliphatic rings. The lowest BCUT2D eigenvalue weighted by Crippen LogP contribution is -2.45. The van der Waals surface area contributed by atoms with Gasteiger partial charge in [0.15, 0.2) is 0 Å². The fraction of sp³-hybridized carbons (Fsp3) is 1.00. The average molecular weight is 238 g/mol. The summed E-state index contributed by atoms with van der Waals surface area (Å²) in [6.07, 6.45) is 9.94. The van der Waals surface area contributed by atoms with Crippen molar-refractivity contribution in [3.8, 4) is 0 Å². The number of nitrogens with zero attached hydrogens (tertiary/aromatic N) is 1. The molecule has 2 heteroatoms. The molecule has 1 aliphatic carbocycles. The Balaban J connectivity index is 1.68. The minimum atomic E-state index is 0.597. The van der Waals surface area contributed by atoms with Crippen LogP contribution < -0.4 is 5.32 Å². The van der Waals surface area contributed by atoms with Crippen molar-refractivity contribution in [2.45, 2.75) is 64.8 Å². The van der Waals surface area contributed by atoms with Crippen LogP contribution in [0.2, 0.25) is 0 Å². The van der Waals surface area contributed by atoms with Gasteiger partial charge in [-0.2, -0.15) is 0 Å². The molecule has 1 saturated heterocycles. The van der Waals surface area contributed by atoms with Gasteiger partial charge in [-0.1, -0.05) is 33.1 Å². The van der Waals surface area contributed by atoms with E-state index in [2.05, 4.69) is 24.1 Å². The third kappa shape index (κ3) is 3.96. The first kappa shape index (κ1) is 13.4. The fourth-order valence-electron chi connectivity index (χ4n) is 3.43. The molecule has 0 spiro atoms. The first-order valence-corrected chi connectivity index (χ1v) is 7.68. The van der Waals surface area contributed by atoms with E-state index in [1.54, 1.807) is 0 Å². The highest BCUT2D eigenvalue weighted by molar-refractivity contribution is 4.84. The molecule has 1 aliphatic heterocycles. The van der Waals surface area contributed by atoms with E-state index in [4.69, 9.17) is 0 Å². The van der Waals surface area contributed by atoms with Gasteiger partial charge in [0.05, 0.1) is 0 Å². The Labute approximate surface area is 107 Å². The number of nitrogens with one attached hydrogen (secondary N) is 1. The number of rotatable bonds is 4. The second-order valence-corrected chi connectivity index (χ2v) is 6.46. The Bertz CT molecular complexity index is 213. The quantitative estimate of drug-likeness (QED) is 0.810. The second-order valence-electron chi connectivity index (χ2n) is 6.46. The Morgan fingerprint density at radius 3 is 2.35 bits per heavy atom. The van der Waals surface area contributed by atoms with Crippen molar-refractivity contribution in [3.63, 3.8) is 0 Å². The molecule has 1 heterocycles. The first-order chi connectivity index (χ1) is 8.22. The lowest BCUT2D eigenvalue weighted by molar-refractivity contribution is 0.168. The van der Waals surface area contributed by atoms with Crippen LogP contribution in [-0.4, -0.2) is 37.1 Å². The maximum atomic E-state index is 3.85. The van der Waals surface area contributed by atoms with Crippen molar-refractivity contribution in [2.24, 2.45) is 5.41 Å². The van der Waals surface area contributed by atoms with E-state index < -0.39 is 0 Å². The van der Waals surface area contributed by atoms with Crippen LogP contribution in [0.1, 0.15) is 58.8 Å². The summed E-state index contributed by atoms with van der Waals surface area (Å²) >= 11 is 0. The maximum Gasteiger partial charge on any atom is 0.00916 e. The molecule has 0 aromatic heterocycles. The highest BCUT2D eigenvalue weighted by atomic mass is 15.1. The largest absolute Gasteiger partial charge is 0.313 e. The summed E-state index contributed by atoms with van der Waals surface area (Å²) < 4.78 is 0. The first-order valence-electron chi connectivity index (χ1n) is 7.68. The number of likely N-dealkylation sites (tertiary alicyclic amines) is 1. The molecule has 2 rings (SSSR count). The van der Waals surface area contributed by atoms with Crippen molar-refractivity contribution in [1.82, 2.24) is 10.2 Å². The molecule has 0 amide bonds. The van der Waals surface area contributed by atoms with Crippen LogP contribution in [0.5, 0.6) is 0 Å². The van der Waals surface area contributed by atoms with Crippen LogP contribution in [0.15, 0.2) is 0 Å². The van der Waals surface area contributed by atoms with Gasteiger partial charge in [-0.15, -0.1) is 0 Å². The van der Waals surface area contributed by atoms with Crippen LogP contribution in [0.4, 0.5) is 0 Å². The van der Waals surface area contributed by atoms with Crippen molar-refractivity contribution < 1.29 is 0 Å². The van der Waals surface area contributed by atoms with Crippen LogP contribution in [-0.2, 0) is 0 Å². The SMILES string of the molecule is CCN1CCC(NCC2(C)CCCCC2)CC1. The highest BCUT2D eigenvalue weighted by Gasteiger charge is 2.28. The summed E-state index contributed by atoms with van der Waals surface area (Å²) in [5, 5.41) is 3.85. The Hall–Kier alpha value is -0.0800. The zero-order chi connectivity index (χ0) is 12.1. The predicted octanol–water partition coefficient (Wildman–Crippen LogP) is 3.03. The molecule has 17 heavy (non-hydrogen) atoms. The van der Waals surface area contributed by atoms with Crippen molar-refractivity contribution in [2.75, 3.05) is 26.2 Å². The van der Waals surface area contributed by atoms with Gasteiger partial charge in [0, 0.05) is 12.6 Å². The smallest absolute Gasteiger partial charge is 0.00916 e. The molecule has 0 unspecified atom stereocenters. The minimum Gasteiger partial charge on any atom is -0.313 e. The monoisotopic (exact) mass is 238 g/mol. The van der Waals surface area contributed by atoms with Gasteiger partial charge < -0.3 is 10.2 Å². The summed E-state index contributed by atoms with van der Waals surface area (Å²) in [7, 11) is 0. The van der Waals surface area contributed by atoms with Gasteiger partial charge in [-0.3, -0.25) is 0 Å². The van der Waals surface area contributed by atoms with E-state index in [1.807, 2.05) is 0 Å². The van der Waals surface area contributed by atoms with Gasteiger partial charge in [0.1, 0.15) is 0 Å². The lowest BCUT2D eigenvalue weighted by atomic mass is 9.75. The van der Waals surface area contributed by atoms with Gasteiger partial charge in [0.2, 0.25) is 0 Å². The van der Waals surface area contributed by atoms with Gasteiger partial charge in [0.25, 0.3) is 0 Å². The van der Waals surface area contributed by atoms with E-state index in [0.717, 1.165) is 6.04 Å². The number of hydrogen-bond donors (Lipinski definition) is 1. The molecular weight excluding hydrogens is 208 g/mol. The van der Waals surface area contributed by atoms with Crippen LogP contribution in [0, 0.1) is 5.41 Å². The van der Waals surface area contributed by atoms with E-state index >= 15 is 0 Å². The molecule has 1 N–H and O–H groups in total. The van der Waals surface area contributed by atoms with E-state index in [-0.39, 0.29) is 0 Å². The minimum absolute atomic E-state index is 0.597. The third-order valence-corrected chi connectivity index (χ3v) is 4.91. The highest BCUT2D eigenvalue weighted by Crippen LogP contribution is 2.35. The van der Waals surface area contributed by atoms with Crippen LogP contribution in [0.25, 0.3) is 0 Å². The summed E-state index contributed by atoms with van der Waals surface area (Å²) in [6, 6.07) is 0.788. The van der Waals surface area contributed by atoms with Crippen molar-refractivity contribution in [1.29, 1.82) is 0 Å². The molecule has 0 aromatic rings. The van der Waals surface area contributed by atoms with Crippen LogP contribution >= 0.6 is 0 Å². The average Bonchev–Trinajstić information content (AvgIpc) is 2.38. The number of hydrogen-bond acceptors (Lipinski definition) is 2. The number of piperidine rings is 1. The lowest BCUT2D eigenvalue weighted by Gasteiger charge is -2.37. The molecule has 0 aromatic carbocycles. The summed E-state index contributed by atoms with van der Waals surface area (Å²) in [5.41, 5.74) is 0.597. The molecule has 0 atom stereocenters. The Kier molecular flexibility index (Phi) is 4.87. The summed E-state index contributed by atoms with van der Waals surface area (Å²) in [4.78, 5) is 2.57. The summed E-state index contributed by atoms with van der Waals surface area (Å²) in [5.74, 6) is 0. The maximum absolute atomic E-state index is 3.85. The predicted molar refractivity (Wildman–Crippen MR) is 74.3 cm³/mol. The van der Waals surface area contributed by atoms with Gasteiger partial charge in [-0.05, 0) is 50.7 Å². The Morgan fingerprint density at radius 1 is 1.12 bits per heavy atom. The molecule has 0 radical (unpaired) electrons. The van der Waals surface area contributed by atoms with E-state index in [1.165, 1.54) is 71.1 Å². The summed E-state index contributed by atoms with van der Waals surface area (Å²) in [6.45, 7) is 9.83. The second kappa shape index (κ2) is 6.19. The Morgan fingerprint density at radius 2 is 1.76 bits per heavy atom. The topological polar surface area (TPSA) is 15.3 Å². The molecule has 100 valence electrons. The normalized spacial score (nSPS) is 27.2. The van der Waals surface area contributed by atoms with E-state index in [0.29, 0.717) is 5.41 Å². The van der Waals surface area contributed by atoms with Crippen molar-refractivity contribution in [3.05, 3.63) is 0 Å². The van der Waals surface area contributed by atoms with Crippen LogP contribution in [0.3, 0.4) is 0 Å². The molecule has 0 bridgehead atoms. The molecule has 2 fully saturated rings.